The molecule has 0 aliphatic heterocycles. The SMILES string of the molecule is C[C@H]1C(=O)[C@@]23CC[C@@H]4[C@](C)(C(=O)O)CCC[C@@]4(C)[C@]2(O)CC[C@@H]1C3. The van der Waals surface area contributed by atoms with Crippen molar-refractivity contribution in [2.24, 2.45) is 34.0 Å². The van der Waals surface area contributed by atoms with Crippen molar-refractivity contribution < 1.29 is 19.8 Å². The van der Waals surface area contributed by atoms with Crippen LogP contribution in [-0.2, 0) is 9.59 Å². The van der Waals surface area contributed by atoms with Crippen molar-refractivity contribution in [1.82, 2.24) is 0 Å². The maximum atomic E-state index is 13.2. The first-order chi connectivity index (χ1) is 11.1. The van der Waals surface area contributed by atoms with E-state index < -0.39 is 27.8 Å². The molecular formula is C20H30O4. The van der Waals surface area contributed by atoms with Crippen molar-refractivity contribution in [3.05, 3.63) is 0 Å². The van der Waals surface area contributed by atoms with Gasteiger partial charge in [0.25, 0.3) is 0 Å². The van der Waals surface area contributed by atoms with Crippen molar-refractivity contribution in [3.63, 3.8) is 0 Å². The van der Waals surface area contributed by atoms with Crippen LogP contribution in [0.4, 0.5) is 0 Å². The van der Waals surface area contributed by atoms with Crippen molar-refractivity contribution in [2.75, 3.05) is 0 Å². The standard InChI is InChI=1S/C20H30O4/c1-12-13-5-10-20(24)18(3)8-4-7-17(2,16(22)23)14(18)6-9-19(20,11-13)15(12)21/h12-14,24H,4-11H2,1-3H3,(H,22,23)/t12-,13-,14-,17-,18-,19+,20-/m1/s1. The molecule has 0 saturated heterocycles. The van der Waals surface area contributed by atoms with E-state index >= 15 is 0 Å². The molecule has 0 amide bonds. The number of aliphatic carboxylic acids is 1. The smallest absolute Gasteiger partial charge is 0.309 e. The molecule has 4 nitrogen and oxygen atoms in total. The minimum atomic E-state index is -1.03. The second kappa shape index (κ2) is 4.63. The molecule has 0 aromatic carbocycles. The summed E-state index contributed by atoms with van der Waals surface area (Å²) < 4.78 is 0. The molecule has 0 unspecified atom stereocenters. The second-order valence-corrected chi connectivity index (χ2v) is 9.68. The van der Waals surface area contributed by atoms with Crippen LogP contribution in [0.15, 0.2) is 0 Å². The van der Waals surface area contributed by atoms with Gasteiger partial charge in [-0.3, -0.25) is 9.59 Å². The van der Waals surface area contributed by atoms with Crippen molar-refractivity contribution in [3.8, 4) is 0 Å². The van der Waals surface area contributed by atoms with Crippen LogP contribution < -0.4 is 0 Å². The molecule has 4 heteroatoms. The number of fused-ring (bicyclic) bond motifs is 3. The van der Waals surface area contributed by atoms with Crippen LogP contribution in [0.3, 0.4) is 0 Å². The van der Waals surface area contributed by atoms with E-state index in [-0.39, 0.29) is 17.6 Å². The number of rotatable bonds is 1. The third-order valence-corrected chi connectivity index (χ3v) is 9.10. The average molecular weight is 334 g/mol. The normalized spacial score (nSPS) is 56.5. The average Bonchev–Trinajstić information content (AvgIpc) is 2.73. The van der Waals surface area contributed by atoms with E-state index in [1.54, 1.807) is 0 Å². The number of hydrogen-bond donors (Lipinski definition) is 2. The summed E-state index contributed by atoms with van der Waals surface area (Å²) in [5.74, 6) is -0.0688. The lowest BCUT2D eigenvalue weighted by Crippen LogP contribution is -2.70. The van der Waals surface area contributed by atoms with Gasteiger partial charge in [0.1, 0.15) is 5.78 Å². The van der Waals surface area contributed by atoms with Crippen LogP contribution in [-0.4, -0.2) is 27.6 Å². The third-order valence-electron chi connectivity index (χ3n) is 9.10. The molecule has 4 rings (SSSR count). The Balaban J connectivity index is 1.85. The molecule has 4 saturated carbocycles. The van der Waals surface area contributed by atoms with Gasteiger partial charge in [0.05, 0.1) is 16.4 Å². The summed E-state index contributed by atoms with van der Waals surface area (Å²) >= 11 is 0. The van der Waals surface area contributed by atoms with E-state index in [0.29, 0.717) is 25.2 Å². The van der Waals surface area contributed by atoms with Crippen LogP contribution in [0, 0.1) is 34.0 Å². The predicted octanol–water partition coefficient (Wildman–Crippen LogP) is 3.41. The maximum Gasteiger partial charge on any atom is 0.309 e. The largest absolute Gasteiger partial charge is 0.481 e. The number of Topliss-reactive ketones (excluding diaryl/α,β-unsaturated/α-hetero) is 1. The van der Waals surface area contributed by atoms with E-state index in [2.05, 4.69) is 6.92 Å². The molecule has 4 aliphatic carbocycles. The maximum absolute atomic E-state index is 13.2. The predicted molar refractivity (Wildman–Crippen MR) is 89.3 cm³/mol. The molecular weight excluding hydrogens is 304 g/mol. The van der Waals surface area contributed by atoms with Gasteiger partial charge in [0, 0.05) is 11.3 Å². The zero-order valence-electron chi connectivity index (χ0n) is 15.1. The number of carboxylic acid groups (broad SMARTS) is 1. The third kappa shape index (κ3) is 1.55. The van der Waals surface area contributed by atoms with Gasteiger partial charge in [-0.15, -0.1) is 0 Å². The first kappa shape index (κ1) is 16.6. The molecule has 0 radical (unpaired) electrons. The number of aliphatic hydroxyl groups is 1. The number of carboxylic acids is 1. The van der Waals surface area contributed by atoms with Crippen LogP contribution in [0.2, 0.25) is 0 Å². The zero-order valence-corrected chi connectivity index (χ0v) is 15.1. The highest BCUT2D eigenvalue weighted by Crippen LogP contribution is 2.72. The van der Waals surface area contributed by atoms with Gasteiger partial charge < -0.3 is 10.2 Å². The Hall–Kier alpha value is -0.900. The molecule has 4 fully saturated rings. The van der Waals surface area contributed by atoms with E-state index in [9.17, 15) is 19.8 Å². The Kier molecular flexibility index (Phi) is 3.19. The Morgan fingerprint density at radius 3 is 2.50 bits per heavy atom. The minimum absolute atomic E-state index is 0.0490. The zero-order chi connectivity index (χ0) is 17.5. The highest BCUT2D eigenvalue weighted by atomic mass is 16.4. The highest BCUT2D eigenvalue weighted by molar-refractivity contribution is 5.91. The summed E-state index contributed by atoms with van der Waals surface area (Å²) in [6, 6.07) is 0. The molecule has 2 bridgehead atoms. The van der Waals surface area contributed by atoms with Gasteiger partial charge in [-0.25, -0.2) is 0 Å². The molecule has 134 valence electrons. The van der Waals surface area contributed by atoms with Gasteiger partial charge in [0.2, 0.25) is 0 Å². The lowest BCUT2D eigenvalue weighted by Gasteiger charge is -2.66. The molecule has 2 N–H and O–H groups in total. The lowest BCUT2D eigenvalue weighted by molar-refractivity contribution is -0.255. The van der Waals surface area contributed by atoms with Crippen LogP contribution in [0.5, 0.6) is 0 Å². The van der Waals surface area contributed by atoms with E-state index in [4.69, 9.17) is 0 Å². The monoisotopic (exact) mass is 334 g/mol. The Labute approximate surface area is 144 Å². The van der Waals surface area contributed by atoms with Crippen molar-refractivity contribution in [2.45, 2.75) is 77.7 Å². The number of carbonyl (C=O) groups is 2. The van der Waals surface area contributed by atoms with Gasteiger partial charge in [-0.05, 0) is 63.7 Å². The fourth-order valence-corrected chi connectivity index (χ4v) is 7.65. The quantitative estimate of drug-likeness (QED) is 0.770. The van der Waals surface area contributed by atoms with Crippen molar-refractivity contribution in [1.29, 1.82) is 0 Å². The molecule has 4 aliphatic rings. The van der Waals surface area contributed by atoms with Crippen LogP contribution >= 0.6 is 0 Å². The number of ketones is 1. The molecule has 7 atom stereocenters. The summed E-state index contributed by atoms with van der Waals surface area (Å²) in [5, 5.41) is 21.9. The lowest BCUT2D eigenvalue weighted by atomic mass is 9.38. The first-order valence-electron chi connectivity index (χ1n) is 9.62. The van der Waals surface area contributed by atoms with Crippen LogP contribution in [0.25, 0.3) is 0 Å². The summed E-state index contributed by atoms with van der Waals surface area (Å²) in [6.45, 7) is 5.99. The number of carbonyl (C=O) groups excluding carboxylic acids is 1. The second-order valence-electron chi connectivity index (χ2n) is 9.68. The Morgan fingerprint density at radius 1 is 1.12 bits per heavy atom. The van der Waals surface area contributed by atoms with Gasteiger partial charge in [-0.1, -0.05) is 20.3 Å². The van der Waals surface area contributed by atoms with Crippen molar-refractivity contribution >= 4 is 11.8 Å². The minimum Gasteiger partial charge on any atom is -0.481 e. The summed E-state index contributed by atoms with van der Waals surface area (Å²) in [7, 11) is 0. The summed E-state index contributed by atoms with van der Waals surface area (Å²) in [6.07, 6.45) is 6.15. The number of hydrogen-bond acceptors (Lipinski definition) is 3. The topological polar surface area (TPSA) is 74.6 Å². The van der Waals surface area contributed by atoms with E-state index in [1.807, 2.05) is 13.8 Å². The van der Waals surface area contributed by atoms with Gasteiger partial charge in [-0.2, -0.15) is 0 Å². The molecule has 24 heavy (non-hydrogen) atoms. The molecule has 0 aromatic rings. The molecule has 1 spiro atoms. The summed E-state index contributed by atoms with van der Waals surface area (Å²) in [4.78, 5) is 25.2. The summed E-state index contributed by atoms with van der Waals surface area (Å²) in [5.41, 5.74) is -2.90. The highest BCUT2D eigenvalue weighted by Gasteiger charge is 2.75. The fourth-order valence-electron chi connectivity index (χ4n) is 7.65. The van der Waals surface area contributed by atoms with Gasteiger partial charge in [0.15, 0.2) is 0 Å². The van der Waals surface area contributed by atoms with E-state index in [1.165, 1.54) is 0 Å². The Morgan fingerprint density at radius 2 is 1.83 bits per heavy atom. The molecule has 0 aromatic heterocycles. The van der Waals surface area contributed by atoms with E-state index in [0.717, 1.165) is 32.1 Å². The fraction of sp³-hybridized carbons (Fsp3) is 0.900. The molecule has 0 heterocycles. The van der Waals surface area contributed by atoms with Crippen LogP contribution in [0.1, 0.15) is 72.1 Å². The first-order valence-corrected chi connectivity index (χ1v) is 9.62. The van der Waals surface area contributed by atoms with Gasteiger partial charge >= 0.3 is 5.97 Å². The Bertz CT molecular complexity index is 615.